The van der Waals surface area contributed by atoms with Crippen LogP contribution in [0.1, 0.15) is 47.5 Å². The van der Waals surface area contributed by atoms with Gasteiger partial charge in [0.05, 0.1) is 11.3 Å². The predicted octanol–water partition coefficient (Wildman–Crippen LogP) is 4.88. The Bertz CT molecular complexity index is 957. The topological polar surface area (TPSA) is 61.7 Å². The van der Waals surface area contributed by atoms with Crippen molar-refractivity contribution in [1.29, 1.82) is 0 Å². The number of hydrogen-bond donors (Lipinski definition) is 2. The van der Waals surface area contributed by atoms with Crippen molar-refractivity contribution >= 4 is 33.7 Å². The van der Waals surface area contributed by atoms with Gasteiger partial charge < -0.3 is 5.11 Å². The molecule has 1 amide bonds. The molecule has 0 aliphatic rings. The first-order chi connectivity index (χ1) is 12.0. The Balaban J connectivity index is 1.81. The third-order valence-corrected chi connectivity index (χ3v) is 5.30. The highest BCUT2D eigenvalue weighted by atomic mass is 32.1. The summed E-state index contributed by atoms with van der Waals surface area (Å²) >= 11 is 1.57. The van der Waals surface area contributed by atoms with Crippen LogP contribution in [0.3, 0.4) is 0 Å². The summed E-state index contributed by atoms with van der Waals surface area (Å²) in [5.74, 6) is 0.320. The van der Waals surface area contributed by atoms with E-state index in [1.165, 1.54) is 0 Å². The van der Waals surface area contributed by atoms with E-state index < -0.39 is 0 Å². The Labute approximate surface area is 150 Å². The zero-order valence-electron chi connectivity index (χ0n) is 14.4. The molecule has 0 saturated heterocycles. The second-order valence-electron chi connectivity index (χ2n) is 6.21. The molecule has 0 atom stereocenters. The van der Waals surface area contributed by atoms with Crippen LogP contribution in [-0.2, 0) is 0 Å². The lowest BCUT2D eigenvalue weighted by Gasteiger charge is -2.08. The number of hydrazone groups is 1. The zero-order chi connectivity index (χ0) is 18.0. The van der Waals surface area contributed by atoms with Crippen molar-refractivity contribution < 1.29 is 9.90 Å². The molecule has 2 N–H and O–H groups in total. The van der Waals surface area contributed by atoms with E-state index in [9.17, 15) is 9.90 Å². The fraction of sp³-hybridized carbons (Fsp3) is 0.200. The third-order valence-electron chi connectivity index (χ3n) is 4.07. The van der Waals surface area contributed by atoms with E-state index in [0.29, 0.717) is 22.8 Å². The molecule has 0 unspecified atom stereocenters. The van der Waals surface area contributed by atoms with Gasteiger partial charge in [0.15, 0.2) is 0 Å². The third kappa shape index (κ3) is 3.56. The number of hydrogen-bond acceptors (Lipinski definition) is 4. The summed E-state index contributed by atoms with van der Waals surface area (Å²) in [6.45, 7) is 5.95. The zero-order valence-corrected chi connectivity index (χ0v) is 15.2. The minimum atomic E-state index is -0.247. The molecular formula is C20H20N2O2S. The van der Waals surface area contributed by atoms with E-state index in [-0.39, 0.29) is 11.7 Å². The average Bonchev–Trinajstić information content (AvgIpc) is 3.10. The molecule has 0 spiro atoms. The van der Waals surface area contributed by atoms with Crippen molar-refractivity contribution in [3.63, 3.8) is 0 Å². The minimum Gasteiger partial charge on any atom is -0.507 e. The van der Waals surface area contributed by atoms with Gasteiger partial charge >= 0.3 is 0 Å². The van der Waals surface area contributed by atoms with Gasteiger partial charge in [0.25, 0.3) is 5.91 Å². The summed E-state index contributed by atoms with van der Waals surface area (Å²) in [6, 6.07) is 13.2. The maximum Gasteiger partial charge on any atom is 0.272 e. The van der Waals surface area contributed by atoms with Crippen molar-refractivity contribution in [2.24, 2.45) is 5.10 Å². The Kier molecular flexibility index (Phi) is 4.86. The quantitative estimate of drug-likeness (QED) is 0.519. The second kappa shape index (κ2) is 7.07. The molecule has 0 aliphatic carbocycles. The lowest BCUT2D eigenvalue weighted by molar-refractivity contribution is 0.0955. The molecule has 2 aromatic carbocycles. The number of thiophene rings is 1. The van der Waals surface area contributed by atoms with Crippen LogP contribution < -0.4 is 5.43 Å². The van der Waals surface area contributed by atoms with E-state index in [0.717, 1.165) is 15.6 Å². The van der Waals surface area contributed by atoms with Crippen LogP contribution in [0.15, 0.2) is 52.9 Å². The van der Waals surface area contributed by atoms with Crippen LogP contribution in [0, 0.1) is 0 Å². The fourth-order valence-electron chi connectivity index (χ4n) is 2.58. The molecule has 0 fully saturated rings. The molecule has 25 heavy (non-hydrogen) atoms. The number of nitrogens with zero attached hydrogens (tertiary/aromatic N) is 1. The van der Waals surface area contributed by atoms with Crippen LogP contribution in [0.4, 0.5) is 0 Å². The van der Waals surface area contributed by atoms with E-state index in [1.807, 2.05) is 47.8 Å². The van der Waals surface area contributed by atoms with Gasteiger partial charge in [-0.25, -0.2) is 5.43 Å². The summed E-state index contributed by atoms with van der Waals surface area (Å²) < 4.78 is 0. The molecule has 1 heterocycles. The molecule has 0 saturated carbocycles. The highest BCUT2D eigenvalue weighted by Crippen LogP contribution is 2.29. The summed E-state index contributed by atoms with van der Waals surface area (Å²) in [7, 11) is 0. The largest absolute Gasteiger partial charge is 0.507 e. The Hall–Kier alpha value is -2.66. The van der Waals surface area contributed by atoms with Gasteiger partial charge in [-0.3, -0.25) is 4.79 Å². The Morgan fingerprint density at radius 3 is 2.68 bits per heavy atom. The number of amides is 1. The maximum absolute atomic E-state index is 12.2. The molecule has 0 aliphatic heterocycles. The van der Waals surface area contributed by atoms with Crippen molar-refractivity contribution in [3.8, 4) is 5.75 Å². The molecule has 1 aromatic heterocycles. The predicted molar refractivity (Wildman–Crippen MR) is 104 cm³/mol. The molecule has 0 bridgehead atoms. The minimum absolute atomic E-state index is 0.172. The SMILES string of the molecule is C/C(=N\NC(=O)c1csc(C(C)C)c1)c1ccc2ccccc2c1O. The second-order valence-corrected chi connectivity index (χ2v) is 7.16. The number of rotatable bonds is 4. The van der Waals surface area contributed by atoms with Crippen LogP contribution in [0.25, 0.3) is 10.8 Å². The molecule has 4 nitrogen and oxygen atoms in total. The normalized spacial score (nSPS) is 11.9. The fourth-order valence-corrected chi connectivity index (χ4v) is 3.49. The number of nitrogens with one attached hydrogen (secondary N) is 1. The van der Waals surface area contributed by atoms with E-state index >= 15 is 0 Å². The summed E-state index contributed by atoms with van der Waals surface area (Å²) in [4.78, 5) is 13.4. The molecule has 3 aromatic rings. The van der Waals surface area contributed by atoms with Crippen molar-refractivity contribution in [2.75, 3.05) is 0 Å². The first-order valence-electron chi connectivity index (χ1n) is 8.11. The number of benzene rings is 2. The van der Waals surface area contributed by atoms with Gasteiger partial charge in [0, 0.05) is 21.2 Å². The highest BCUT2D eigenvalue weighted by Gasteiger charge is 2.12. The van der Waals surface area contributed by atoms with Crippen LogP contribution in [-0.4, -0.2) is 16.7 Å². The standard InChI is InChI=1S/C20H20N2O2S/c1-12(2)18-10-15(11-25-18)20(24)22-21-13(3)16-9-8-14-6-4-5-7-17(14)19(16)23/h4-12,23H,1-3H3,(H,22,24)/b21-13+. The summed E-state index contributed by atoms with van der Waals surface area (Å²) in [5.41, 5.74) is 4.33. The van der Waals surface area contributed by atoms with Crippen molar-refractivity contribution in [2.45, 2.75) is 26.7 Å². The number of carbonyl (C=O) groups is 1. The average molecular weight is 352 g/mol. The number of phenols is 1. The molecule has 128 valence electrons. The van der Waals surface area contributed by atoms with Crippen molar-refractivity contribution in [1.82, 2.24) is 5.43 Å². The Morgan fingerprint density at radius 2 is 1.96 bits per heavy atom. The van der Waals surface area contributed by atoms with E-state index in [4.69, 9.17) is 0 Å². The molecular weight excluding hydrogens is 332 g/mol. The van der Waals surface area contributed by atoms with Gasteiger partial charge in [-0.05, 0) is 30.4 Å². The summed E-state index contributed by atoms with van der Waals surface area (Å²) in [5, 5.41) is 18.2. The van der Waals surface area contributed by atoms with Gasteiger partial charge in [0.2, 0.25) is 0 Å². The van der Waals surface area contributed by atoms with Crippen molar-refractivity contribution in [3.05, 3.63) is 63.8 Å². The lowest BCUT2D eigenvalue weighted by atomic mass is 10.0. The summed E-state index contributed by atoms with van der Waals surface area (Å²) in [6.07, 6.45) is 0. The molecule has 3 rings (SSSR count). The monoisotopic (exact) mass is 352 g/mol. The van der Waals surface area contributed by atoms with Crippen LogP contribution in [0.2, 0.25) is 0 Å². The highest BCUT2D eigenvalue weighted by molar-refractivity contribution is 7.10. The number of fused-ring (bicyclic) bond motifs is 1. The Morgan fingerprint density at radius 1 is 1.20 bits per heavy atom. The van der Waals surface area contributed by atoms with Gasteiger partial charge in [-0.2, -0.15) is 5.10 Å². The van der Waals surface area contributed by atoms with Crippen LogP contribution >= 0.6 is 11.3 Å². The lowest BCUT2D eigenvalue weighted by Crippen LogP contribution is -2.18. The van der Waals surface area contributed by atoms with E-state index in [1.54, 1.807) is 18.3 Å². The van der Waals surface area contributed by atoms with Gasteiger partial charge in [-0.15, -0.1) is 11.3 Å². The molecule has 5 heteroatoms. The van der Waals surface area contributed by atoms with Gasteiger partial charge in [0.1, 0.15) is 5.75 Å². The number of aromatic hydroxyl groups is 1. The smallest absolute Gasteiger partial charge is 0.272 e. The van der Waals surface area contributed by atoms with Crippen LogP contribution in [0.5, 0.6) is 5.75 Å². The first kappa shape index (κ1) is 17.2. The van der Waals surface area contributed by atoms with E-state index in [2.05, 4.69) is 24.4 Å². The van der Waals surface area contributed by atoms with Gasteiger partial charge in [-0.1, -0.05) is 44.2 Å². The maximum atomic E-state index is 12.2. The first-order valence-corrected chi connectivity index (χ1v) is 8.99. The molecule has 0 radical (unpaired) electrons. The number of phenolic OH excluding ortho intramolecular Hbond substituents is 1. The number of carbonyl (C=O) groups excluding carboxylic acids is 1.